The Hall–Kier alpha value is -3.28. The molecule has 0 amide bonds. The predicted molar refractivity (Wildman–Crippen MR) is 120 cm³/mol. The van der Waals surface area contributed by atoms with Crippen molar-refractivity contribution in [3.63, 3.8) is 0 Å². The van der Waals surface area contributed by atoms with Crippen LogP contribution in [0.4, 0.5) is 0 Å². The number of benzene rings is 2. The topological polar surface area (TPSA) is 71.7 Å². The van der Waals surface area contributed by atoms with Crippen LogP contribution < -0.4 is 15.4 Å². The number of aromatic nitrogens is 1. The molecule has 6 nitrogen and oxygen atoms in total. The fourth-order valence-corrected chi connectivity index (χ4v) is 3.26. The Kier molecular flexibility index (Phi) is 7.89. The van der Waals surface area contributed by atoms with Crippen LogP contribution in [-0.2, 0) is 32.5 Å². The second kappa shape index (κ2) is 11.0. The Balaban J connectivity index is 1.58. The lowest BCUT2D eigenvalue weighted by Gasteiger charge is -2.15. The number of aryl methyl sites for hydroxylation is 2. The van der Waals surface area contributed by atoms with Gasteiger partial charge in [0.2, 0.25) is 0 Å². The van der Waals surface area contributed by atoms with Gasteiger partial charge in [0.15, 0.2) is 5.96 Å². The normalized spacial score (nSPS) is 11.4. The molecule has 0 atom stereocenters. The first-order chi connectivity index (χ1) is 14.7. The Morgan fingerprint density at radius 1 is 0.933 bits per heavy atom. The van der Waals surface area contributed by atoms with Gasteiger partial charge in [-0.1, -0.05) is 61.5 Å². The van der Waals surface area contributed by atoms with Crippen LogP contribution in [0.3, 0.4) is 0 Å². The van der Waals surface area contributed by atoms with Gasteiger partial charge in [-0.05, 0) is 29.7 Å². The van der Waals surface area contributed by atoms with Crippen molar-refractivity contribution in [1.29, 1.82) is 0 Å². The highest BCUT2D eigenvalue weighted by atomic mass is 16.5. The van der Waals surface area contributed by atoms with Crippen LogP contribution in [0.1, 0.15) is 42.0 Å². The summed E-state index contributed by atoms with van der Waals surface area (Å²) >= 11 is 0. The second-order valence-corrected chi connectivity index (χ2v) is 6.89. The number of rotatable bonds is 9. The molecule has 2 aromatic carbocycles. The molecule has 0 saturated heterocycles. The van der Waals surface area contributed by atoms with Crippen LogP contribution in [0.15, 0.2) is 64.1 Å². The van der Waals surface area contributed by atoms with Gasteiger partial charge in [0, 0.05) is 32.1 Å². The summed E-state index contributed by atoms with van der Waals surface area (Å²) in [5, 5.41) is 10.9. The molecular formula is C24H30N4O2. The molecule has 3 aromatic rings. The van der Waals surface area contributed by atoms with Crippen molar-refractivity contribution >= 4 is 5.96 Å². The lowest BCUT2D eigenvalue weighted by Crippen LogP contribution is -2.36. The van der Waals surface area contributed by atoms with Crippen LogP contribution in [-0.4, -0.2) is 18.2 Å². The van der Waals surface area contributed by atoms with Crippen LogP contribution in [0.5, 0.6) is 5.75 Å². The van der Waals surface area contributed by atoms with E-state index in [9.17, 15) is 0 Å². The fourth-order valence-electron chi connectivity index (χ4n) is 3.26. The van der Waals surface area contributed by atoms with Crippen molar-refractivity contribution in [2.24, 2.45) is 4.99 Å². The molecule has 0 bridgehead atoms. The number of aliphatic imine (C=N–C) groups is 1. The smallest absolute Gasteiger partial charge is 0.191 e. The first-order valence-electron chi connectivity index (χ1n) is 10.4. The van der Waals surface area contributed by atoms with Crippen LogP contribution in [0, 0.1) is 0 Å². The summed E-state index contributed by atoms with van der Waals surface area (Å²) in [6, 6.07) is 18.1. The number of hydrogen-bond donors (Lipinski definition) is 2. The molecule has 0 aliphatic carbocycles. The molecule has 0 spiro atoms. The Labute approximate surface area is 178 Å². The highest BCUT2D eigenvalue weighted by Crippen LogP contribution is 2.16. The van der Waals surface area contributed by atoms with Gasteiger partial charge < -0.3 is 19.9 Å². The van der Waals surface area contributed by atoms with E-state index in [-0.39, 0.29) is 0 Å². The van der Waals surface area contributed by atoms with E-state index < -0.39 is 0 Å². The fraction of sp³-hybridized carbons (Fsp3) is 0.333. The number of para-hydroxylation sites is 1. The molecule has 0 saturated carbocycles. The summed E-state index contributed by atoms with van der Waals surface area (Å²) in [5.41, 5.74) is 4.44. The molecule has 6 heteroatoms. The van der Waals surface area contributed by atoms with Crippen molar-refractivity contribution in [1.82, 2.24) is 15.8 Å². The van der Waals surface area contributed by atoms with Crippen molar-refractivity contribution in [3.05, 3.63) is 82.7 Å². The Morgan fingerprint density at radius 3 is 2.33 bits per heavy atom. The third kappa shape index (κ3) is 5.63. The largest absolute Gasteiger partial charge is 0.489 e. The molecule has 1 aromatic heterocycles. The maximum Gasteiger partial charge on any atom is 0.191 e. The molecule has 0 unspecified atom stereocenters. The van der Waals surface area contributed by atoms with E-state index in [2.05, 4.69) is 46.8 Å². The minimum Gasteiger partial charge on any atom is -0.489 e. The van der Waals surface area contributed by atoms with Gasteiger partial charge in [-0.25, -0.2) is 0 Å². The van der Waals surface area contributed by atoms with E-state index in [1.807, 2.05) is 42.5 Å². The lowest BCUT2D eigenvalue weighted by atomic mass is 10.1. The highest BCUT2D eigenvalue weighted by Gasteiger charge is 2.13. The zero-order valence-electron chi connectivity index (χ0n) is 17.9. The van der Waals surface area contributed by atoms with Gasteiger partial charge >= 0.3 is 0 Å². The van der Waals surface area contributed by atoms with Crippen LogP contribution in [0.25, 0.3) is 0 Å². The predicted octanol–water partition coefficient (Wildman–Crippen LogP) is 4.24. The van der Waals surface area contributed by atoms with E-state index >= 15 is 0 Å². The van der Waals surface area contributed by atoms with Gasteiger partial charge in [0.25, 0.3) is 0 Å². The monoisotopic (exact) mass is 406 g/mol. The van der Waals surface area contributed by atoms with Gasteiger partial charge in [-0.3, -0.25) is 4.99 Å². The van der Waals surface area contributed by atoms with E-state index in [0.717, 1.165) is 47.1 Å². The summed E-state index contributed by atoms with van der Waals surface area (Å²) in [5.74, 6) is 2.53. The number of guanidine groups is 1. The Bertz CT molecular complexity index is 929. The molecule has 1 heterocycles. The summed E-state index contributed by atoms with van der Waals surface area (Å²) < 4.78 is 11.4. The first-order valence-corrected chi connectivity index (χ1v) is 10.4. The molecule has 0 fully saturated rings. The van der Waals surface area contributed by atoms with Crippen LogP contribution in [0.2, 0.25) is 0 Å². The second-order valence-electron chi connectivity index (χ2n) is 6.89. The molecule has 0 aliphatic heterocycles. The molecule has 158 valence electrons. The van der Waals surface area contributed by atoms with Crippen molar-refractivity contribution in [2.45, 2.75) is 46.4 Å². The van der Waals surface area contributed by atoms with Gasteiger partial charge in [0.1, 0.15) is 18.1 Å². The zero-order chi connectivity index (χ0) is 21.2. The maximum atomic E-state index is 5.92. The first kappa shape index (κ1) is 21.4. The van der Waals surface area contributed by atoms with E-state index in [4.69, 9.17) is 9.26 Å². The third-order valence-corrected chi connectivity index (χ3v) is 4.97. The zero-order valence-corrected chi connectivity index (χ0v) is 17.9. The van der Waals surface area contributed by atoms with E-state index in [1.54, 1.807) is 7.05 Å². The van der Waals surface area contributed by atoms with E-state index in [0.29, 0.717) is 19.7 Å². The van der Waals surface area contributed by atoms with Gasteiger partial charge in [0.05, 0.1) is 5.69 Å². The van der Waals surface area contributed by atoms with Gasteiger partial charge in [-0.2, -0.15) is 0 Å². The minimum absolute atomic E-state index is 0.522. The quantitative estimate of drug-likeness (QED) is 0.411. The standard InChI is InChI=1S/C24H30N4O2/c1-4-22-21(23(5-2)30-28-22)16-27-24(25-3)26-15-18-11-9-10-12-19(18)17-29-20-13-7-6-8-14-20/h6-14H,4-5,15-17H2,1-3H3,(H2,25,26,27). The summed E-state index contributed by atoms with van der Waals surface area (Å²) in [6.45, 7) is 5.97. The molecule has 0 radical (unpaired) electrons. The van der Waals surface area contributed by atoms with Crippen LogP contribution >= 0.6 is 0 Å². The number of nitrogens with one attached hydrogen (secondary N) is 2. The molecule has 30 heavy (non-hydrogen) atoms. The van der Waals surface area contributed by atoms with Crippen molar-refractivity contribution in [2.75, 3.05) is 7.05 Å². The molecule has 2 N–H and O–H groups in total. The molecule has 3 rings (SSSR count). The number of hydrogen-bond acceptors (Lipinski definition) is 4. The minimum atomic E-state index is 0.522. The van der Waals surface area contributed by atoms with Gasteiger partial charge in [-0.15, -0.1) is 0 Å². The third-order valence-electron chi connectivity index (χ3n) is 4.97. The van der Waals surface area contributed by atoms with Crippen molar-refractivity contribution < 1.29 is 9.26 Å². The SMILES string of the molecule is CCc1noc(CC)c1CNC(=NC)NCc1ccccc1COc1ccccc1. The molecule has 0 aliphatic rings. The highest BCUT2D eigenvalue weighted by molar-refractivity contribution is 5.79. The number of nitrogens with zero attached hydrogens (tertiary/aromatic N) is 2. The number of ether oxygens (including phenoxy) is 1. The average molecular weight is 407 g/mol. The summed E-state index contributed by atoms with van der Waals surface area (Å²) in [4.78, 5) is 4.35. The lowest BCUT2D eigenvalue weighted by molar-refractivity contribution is 0.305. The molecular weight excluding hydrogens is 376 g/mol. The van der Waals surface area contributed by atoms with E-state index in [1.165, 1.54) is 5.56 Å². The Morgan fingerprint density at radius 2 is 1.63 bits per heavy atom. The summed E-state index contributed by atoms with van der Waals surface area (Å²) in [6.07, 6.45) is 1.67. The summed E-state index contributed by atoms with van der Waals surface area (Å²) in [7, 11) is 1.77. The average Bonchev–Trinajstić information content (AvgIpc) is 3.21. The maximum absolute atomic E-state index is 5.92. The van der Waals surface area contributed by atoms with Crippen molar-refractivity contribution in [3.8, 4) is 5.75 Å².